The van der Waals surface area contributed by atoms with Crippen LogP contribution in [0.1, 0.15) is 132 Å². The van der Waals surface area contributed by atoms with Crippen LogP contribution in [0.4, 0.5) is 0 Å². The highest BCUT2D eigenvalue weighted by Crippen LogP contribution is 2.29. The van der Waals surface area contributed by atoms with Crippen LogP contribution in [0, 0.1) is 0 Å². The predicted octanol–water partition coefficient (Wildman–Crippen LogP) is 5.16. The second kappa shape index (κ2) is 28.8. The average molecular weight is 869 g/mol. The van der Waals surface area contributed by atoms with Crippen molar-refractivity contribution in [1.29, 1.82) is 0 Å². The lowest BCUT2D eigenvalue weighted by Crippen LogP contribution is -2.13. The summed E-state index contributed by atoms with van der Waals surface area (Å²) in [5, 5.41) is 65.7. The van der Waals surface area contributed by atoms with E-state index in [0.29, 0.717) is 106 Å². The van der Waals surface area contributed by atoms with Gasteiger partial charge in [0, 0.05) is 0 Å². The topological polar surface area (TPSA) is 247 Å². The van der Waals surface area contributed by atoms with Crippen molar-refractivity contribution in [2.75, 3.05) is 46.2 Å². The predicted molar refractivity (Wildman–Crippen MR) is 229 cm³/mol. The van der Waals surface area contributed by atoms with Gasteiger partial charge in [-0.1, -0.05) is 31.2 Å². The molecule has 0 heterocycles. The Morgan fingerprint density at radius 2 is 0.661 bits per heavy atom. The summed E-state index contributed by atoms with van der Waals surface area (Å²) in [7, 11) is 0. The van der Waals surface area contributed by atoms with Gasteiger partial charge in [0.1, 0.15) is 0 Å². The van der Waals surface area contributed by atoms with E-state index in [1.165, 1.54) is 12.1 Å². The molecule has 4 unspecified atom stereocenters. The molecule has 0 fully saturated rings. The van der Waals surface area contributed by atoms with Gasteiger partial charge in [-0.2, -0.15) is 0 Å². The van der Waals surface area contributed by atoms with E-state index >= 15 is 0 Å². The minimum atomic E-state index is -0.853. The Morgan fingerprint density at radius 1 is 0.403 bits per heavy atom. The lowest BCUT2D eigenvalue weighted by Gasteiger charge is -2.13. The van der Waals surface area contributed by atoms with E-state index in [1.807, 2.05) is 6.92 Å². The Morgan fingerprint density at radius 3 is 0.903 bits per heavy atom. The molecule has 15 nitrogen and oxygen atoms in total. The maximum Gasteiger partial charge on any atom is 0.338 e. The van der Waals surface area contributed by atoms with Crippen molar-refractivity contribution in [3.8, 4) is 22.3 Å². The molecule has 3 aromatic carbocycles. The molecule has 3 rings (SSSR count). The third kappa shape index (κ3) is 18.7. The minimum Gasteiger partial charge on any atom is -0.462 e. The zero-order chi connectivity index (χ0) is 45.3. The van der Waals surface area contributed by atoms with Crippen LogP contribution in [0.3, 0.4) is 0 Å². The van der Waals surface area contributed by atoms with E-state index in [1.54, 1.807) is 48.5 Å². The number of aliphatic hydroxyl groups excluding tert-OH is 7. The van der Waals surface area contributed by atoms with Gasteiger partial charge in [0.15, 0.2) is 0 Å². The maximum atomic E-state index is 13.3. The van der Waals surface area contributed by atoms with Gasteiger partial charge in [-0.25, -0.2) is 19.2 Å². The standard InChI is InChI=1S/C47H64O15/c1-2-40(51)11-3-7-19-59-44(55)36-23-34(24-37(27-36)45(56)60-20-8-4-12-41(52)29-48)32-15-17-33(18-16-32)35-25-38(46(57)61-21-9-5-13-42(53)30-49)28-39(26-35)47(58)62-22-10-6-14-43(54)31-50/h15-18,23-28,40-43,48-54H,2-14,19-22,29-31H2,1H3. The number of benzene rings is 3. The number of carbonyl (C=O) groups is 4. The van der Waals surface area contributed by atoms with Crippen molar-refractivity contribution in [3.05, 3.63) is 82.9 Å². The van der Waals surface area contributed by atoms with Gasteiger partial charge in [0.05, 0.1) is 92.9 Å². The van der Waals surface area contributed by atoms with E-state index in [2.05, 4.69) is 0 Å². The number of hydrogen-bond donors (Lipinski definition) is 7. The van der Waals surface area contributed by atoms with Crippen molar-refractivity contribution in [3.63, 3.8) is 0 Å². The SMILES string of the molecule is CCC(O)CCCCOC(=O)c1cc(C(=O)OCCCCC(O)CO)cc(-c2ccc(-c3cc(C(=O)OCCCCC(O)CO)cc(C(=O)OCCCCC(O)CO)c3)cc2)c1. The molecule has 62 heavy (non-hydrogen) atoms. The molecular weight excluding hydrogens is 805 g/mol. The minimum absolute atomic E-state index is 0.0510. The second-order valence-electron chi connectivity index (χ2n) is 15.3. The van der Waals surface area contributed by atoms with Crippen molar-refractivity contribution in [2.45, 2.75) is 115 Å². The molecule has 0 aliphatic rings. The summed E-state index contributed by atoms with van der Waals surface area (Å²) in [5.41, 5.74) is 2.68. The zero-order valence-electron chi connectivity index (χ0n) is 35.6. The van der Waals surface area contributed by atoms with Crippen molar-refractivity contribution < 1.29 is 73.9 Å². The second-order valence-corrected chi connectivity index (χ2v) is 15.3. The maximum absolute atomic E-state index is 13.3. The normalized spacial score (nSPS) is 13.2. The molecule has 342 valence electrons. The van der Waals surface area contributed by atoms with E-state index in [0.717, 1.165) is 0 Å². The van der Waals surface area contributed by atoms with Crippen LogP contribution in [0.2, 0.25) is 0 Å². The first-order valence-electron chi connectivity index (χ1n) is 21.5. The zero-order valence-corrected chi connectivity index (χ0v) is 35.6. The number of carbonyl (C=O) groups excluding carboxylic acids is 4. The molecule has 0 aromatic heterocycles. The molecular formula is C47H64O15. The van der Waals surface area contributed by atoms with Gasteiger partial charge in [0.2, 0.25) is 0 Å². The molecule has 0 aliphatic carbocycles. The molecule has 4 atom stereocenters. The molecule has 7 N–H and O–H groups in total. The van der Waals surface area contributed by atoms with Crippen molar-refractivity contribution in [1.82, 2.24) is 0 Å². The van der Waals surface area contributed by atoms with E-state index in [-0.39, 0.29) is 68.5 Å². The summed E-state index contributed by atoms with van der Waals surface area (Å²) in [6.45, 7) is 1.10. The van der Waals surface area contributed by atoms with Gasteiger partial charge in [-0.15, -0.1) is 0 Å². The highest BCUT2D eigenvalue weighted by Gasteiger charge is 2.19. The number of unbranched alkanes of at least 4 members (excludes halogenated alkanes) is 4. The van der Waals surface area contributed by atoms with Gasteiger partial charge in [-0.05, 0) is 142 Å². The lowest BCUT2D eigenvalue weighted by molar-refractivity contribution is 0.0465. The fourth-order valence-electron chi connectivity index (χ4n) is 6.31. The smallest absolute Gasteiger partial charge is 0.338 e. The molecule has 0 amide bonds. The van der Waals surface area contributed by atoms with Gasteiger partial charge >= 0.3 is 23.9 Å². The van der Waals surface area contributed by atoms with Crippen LogP contribution in [-0.4, -0.2) is 130 Å². The van der Waals surface area contributed by atoms with E-state index in [4.69, 9.17) is 34.3 Å². The summed E-state index contributed by atoms with van der Waals surface area (Å²) in [6.07, 6.45) is 3.43. The molecule has 0 bridgehead atoms. The number of aliphatic hydroxyl groups is 7. The fraction of sp³-hybridized carbons (Fsp3) is 0.532. The summed E-state index contributed by atoms with van der Waals surface area (Å²) in [6, 6.07) is 16.2. The largest absolute Gasteiger partial charge is 0.462 e. The average Bonchev–Trinajstić information content (AvgIpc) is 3.29. The Balaban J connectivity index is 1.88. The quantitative estimate of drug-likeness (QED) is 0.0260. The summed E-state index contributed by atoms with van der Waals surface area (Å²) < 4.78 is 21.9. The molecule has 0 radical (unpaired) electrons. The summed E-state index contributed by atoms with van der Waals surface area (Å²) in [5.74, 6) is -2.66. The summed E-state index contributed by atoms with van der Waals surface area (Å²) in [4.78, 5) is 52.9. The monoisotopic (exact) mass is 868 g/mol. The fourth-order valence-corrected chi connectivity index (χ4v) is 6.31. The molecule has 0 saturated carbocycles. The highest BCUT2D eigenvalue weighted by atomic mass is 16.5. The molecule has 0 aliphatic heterocycles. The molecule has 3 aromatic rings. The van der Waals surface area contributed by atoms with Crippen molar-refractivity contribution in [2.24, 2.45) is 0 Å². The van der Waals surface area contributed by atoms with Gasteiger partial charge in [-0.3, -0.25) is 0 Å². The lowest BCUT2D eigenvalue weighted by atomic mass is 9.95. The third-order valence-corrected chi connectivity index (χ3v) is 10.1. The van der Waals surface area contributed by atoms with Crippen LogP contribution >= 0.6 is 0 Å². The highest BCUT2D eigenvalue weighted by molar-refractivity contribution is 5.99. The summed E-state index contributed by atoms with van der Waals surface area (Å²) >= 11 is 0. The van der Waals surface area contributed by atoms with E-state index < -0.39 is 48.3 Å². The van der Waals surface area contributed by atoms with Gasteiger partial charge < -0.3 is 54.7 Å². The first kappa shape index (κ1) is 51.6. The Labute approximate surface area is 363 Å². The molecule has 15 heteroatoms. The van der Waals surface area contributed by atoms with Crippen molar-refractivity contribution >= 4 is 23.9 Å². The first-order valence-corrected chi connectivity index (χ1v) is 21.5. The van der Waals surface area contributed by atoms with Crippen LogP contribution < -0.4 is 0 Å². The number of hydrogen-bond acceptors (Lipinski definition) is 15. The third-order valence-electron chi connectivity index (χ3n) is 10.1. The Bertz CT molecular complexity index is 1580. The van der Waals surface area contributed by atoms with Crippen LogP contribution in [0.15, 0.2) is 60.7 Å². The van der Waals surface area contributed by atoms with E-state index in [9.17, 15) is 39.6 Å². The van der Waals surface area contributed by atoms with Gasteiger partial charge in [0.25, 0.3) is 0 Å². The van der Waals surface area contributed by atoms with Crippen LogP contribution in [0.25, 0.3) is 22.3 Å². The molecule has 0 spiro atoms. The number of esters is 4. The van der Waals surface area contributed by atoms with Crippen LogP contribution in [0.5, 0.6) is 0 Å². The Kier molecular flexibility index (Phi) is 24.0. The Hall–Kier alpha value is -4.74. The number of rotatable bonds is 30. The van der Waals surface area contributed by atoms with Crippen LogP contribution in [-0.2, 0) is 18.9 Å². The molecule has 0 saturated heterocycles. The number of ether oxygens (including phenoxy) is 4. The first-order chi connectivity index (χ1) is 29.9.